The van der Waals surface area contributed by atoms with E-state index in [1.54, 1.807) is 0 Å². The Labute approximate surface area is 127 Å². The van der Waals surface area contributed by atoms with E-state index in [1.807, 2.05) is 12.5 Å². The van der Waals surface area contributed by atoms with Crippen LogP contribution in [0.15, 0.2) is 12.5 Å². The molecule has 1 fully saturated rings. The van der Waals surface area contributed by atoms with Gasteiger partial charge in [0.05, 0.1) is 25.1 Å². The van der Waals surface area contributed by atoms with Gasteiger partial charge in [0.1, 0.15) is 0 Å². The van der Waals surface area contributed by atoms with Crippen molar-refractivity contribution in [3.8, 4) is 0 Å². The van der Waals surface area contributed by atoms with Crippen molar-refractivity contribution < 1.29 is 4.79 Å². The standard InChI is InChI=1S/C16H28N4O/c1-14(2)11-20-13-17-9-15(20)10-18-16(21)12-19-7-5-3-4-6-8-19/h9,13-14H,3-8,10-12H2,1-2H3,(H,18,21). The highest BCUT2D eigenvalue weighted by atomic mass is 16.2. The largest absolute Gasteiger partial charge is 0.349 e. The van der Waals surface area contributed by atoms with Gasteiger partial charge >= 0.3 is 0 Å². The van der Waals surface area contributed by atoms with Crippen LogP contribution < -0.4 is 5.32 Å². The molecule has 1 aromatic rings. The van der Waals surface area contributed by atoms with Crippen LogP contribution in [0.3, 0.4) is 0 Å². The molecule has 0 unspecified atom stereocenters. The number of imidazole rings is 1. The molecule has 5 heteroatoms. The summed E-state index contributed by atoms with van der Waals surface area (Å²) in [7, 11) is 0. The van der Waals surface area contributed by atoms with Gasteiger partial charge in [-0.2, -0.15) is 0 Å². The molecule has 1 aliphatic rings. The SMILES string of the molecule is CC(C)Cn1cncc1CNC(=O)CN1CCCCCC1. The average Bonchev–Trinajstić information content (AvgIpc) is 2.70. The highest BCUT2D eigenvalue weighted by Crippen LogP contribution is 2.09. The minimum atomic E-state index is 0.120. The molecule has 1 aliphatic heterocycles. The summed E-state index contributed by atoms with van der Waals surface area (Å²) in [6.45, 7) is 8.51. The first-order chi connectivity index (χ1) is 10.1. The fraction of sp³-hybridized carbons (Fsp3) is 0.750. The molecule has 1 N–H and O–H groups in total. The van der Waals surface area contributed by atoms with Gasteiger partial charge in [0.25, 0.3) is 0 Å². The maximum absolute atomic E-state index is 12.1. The zero-order valence-corrected chi connectivity index (χ0v) is 13.3. The van der Waals surface area contributed by atoms with E-state index in [0.717, 1.165) is 25.3 Å². The van der Waals surface area contributed by atoms with Gasteiger partial charge in [-0.3, -0.25) is 9.69 Å². The second-order valence-corrected chi connectivity index (χ2v) is 6.40. The Hall–Kier alpha value is -1.36. The van der Waals surface area contributed by atoms with Crippen molar-refractivity contribution in [3.05, 3.63) is 18.2 Å². The number of rotatable bonds is 6. The maximum Gasteiger partial charge on any atom is 0.234 e. The number of nitrogens with one attached hydrogen (secondary N) is 1. The summed E-state index contributed by atoms with van der Waals surface area (Å²) in [5.41, 5.74) is 1.08. The molecule has 0 bridgehead atoms. The fourth-order valence-corrected chi connectivity index (χ4v) is 2.80. The van der Waals surface area contributed by atoms with Gasteiger partial charge in [0.2, 0.25) is 5.91 Å². The normalized spacial score (nSPS) is 16.9. The lowest BCUT2D eigenvalue weighted by molar-refractivity contribution is -0.122. The lowest BCUT2D eigenvalue weighted by atomic mass is 10.2. The topological polar surface area (TPSA) is 50.2 Å². The summed E-state index contributed by atoms with van der Waals surface area (Å²) in [6.07, 6.45) is 8.72. The van der Waals surface area contributed by atoms with Crippen molar-refractivity contribution >= 4 is 5.91 Å². The number of nitrogens with zero attached hydrogens (tertiary/aromatic N) is 3. The molecule has 1 saturated heterocycles. The van der Waals surface area contributed by atoms with Crippen molar-refractivity contribution in [2.24, 2.45) is 5.92 Å². The molecule has 21 heavy (non-hydrogen) atoms. The summed E-state index contributed by atoms with van der Waals surface area (Å²) in [6, 6.07) is 0. The third kappa shape index (κ3) is 5.50. The van der Waals surface area contributed by atoms with Crippen LogP contribution in [-0.4, -0.2) is 40.0 Å². The molecule has 118 valence electrons. The Morgan fingerprint density at radius 3 is 2.67 bits per heavy atom. The van der Waals surface area contributed by atoms with Crippen LogP contribution in [0.2, 0.25) is 0 Å². The van der Waals surface area contributed by atoms with Gasteiger partial charge in [-0.25, -0.2) is 4.98 Å². The van der Waals surface area contributed by atoms with Crippen LogP contribution in [-0.2, 0) is 17.9 Å². The molecule has 0 aromatic carbocycles. The second-order valence-electron chi connectivity index (χ2n) is 6.40. The van der Waals surface area contributed by atoms with E-state index >= 15 is 0 Å². The highest BCUT2D eigenvalue weighted by molar-refractivity contribution is 5.77. The van der Waals surface area contributed by atoms with Gasteiger partial charge in [-0.15, -0.1) is 0 Å². The molecule has 2 heterocycles. The van der Waals surface area contributed by atoms with Crippen molar-refractivity contribution in [1.82, 2.24) is 19.8 Å². The molecule has 0 atom stereocenters. The van der Waals surface area contributed by atoms with Crippen LogP contribution in [0, 0.1) is 5.92 Å². The van der Waals surface area contributed by atoms with Crippen molar-refractivity contribution in [2.45, 2.75) is 52.6 Å². The minimum Gasteiger partial charge on any atom is -0.349 e. The smallest absolute Gasteiger partial charge is 0.234 e. The fourth-order valence-electron chi connectivity index (χ4n) is 2.80. The summed E-state index contributed by atoms with van der Waals surface area (Å²) < 4.78 is 2.12. The summed E-state index contributed by atoms with van der Waals surface area (Å²) in [5, 5.41) is 3.02. The Kier molecular flexibility index (Phi) is 6.23. The number of carbonyl (C=O) groups is 1. The number of carbonyl (C=O) groups excluding carboxylic acids is 1. The first-order valence-electron chi connectivity index (χ1n) is 8.13. The number of amides is 1. The summed E-state index contributed by atoms with van der Waals surface area (Å²) in [5.74, 6) is 0.694. The van der Waals surface area contributed by atoms with E-state index in [1.165, 1.54) is 25.7 Å². The Balaban J connectivity index is 1.77. The van der Waals surface area contributed by atoms with Gasteiger partial charge in [-0.05, 0) is 31.8 Å². The summed E-state index contributed by atoms with van der Waals surface area (Å²) in [4.78, 5) is 18.5. The molecule has 1 amide bonds. The van der Waals surface area contributed by atoms with Crippen LogP contribution in [0.25, 0.3) is 0 Å². The predicted molar refractivity (Wildman–Crippen MR) is 83.8 cm³/mol. The van der Waals surface area contributed by atoms with Crippen molar-refractivity contribution in [1.29, 1.82) is 0 Å². The van der Waals surface area contributed by atoms with E-state index in [9.17, 15) is 4.79 Å². The Morgan fingerprint density at radius 2 is 2.00 bits per heavy atom. The zero-order chi connectivity index (χ0) is 15.1. The third-order valence-electron chi connectivity index (χ3n) is 3.89. The first kappa shape index (κ1) is 16.0. The van der Waals surface area contributed by atoms with Gasteiger partial charge in [-0.1, -0.05) is 26.7 Å². The predicted octanol–water partition coefficient (Wildman–Crippen LogP) is 2.03. The molecule has 0 saturated carbocycles. The summed E-state index contributed by atoms with van der Waals surface area (Å²) >= 11 is 0. The first-order valence-corrected chi connectivity index (χ1v) is 8.13. The maximum atomic E-state index is 12.1. The zero-order valence-electron chi connectivity index (χ0n) is 13.3. The number of hydrogen-bond acceptors (Lipinski definition) is 3. The molecule has 0 radical (unpaired) electrons. The van der Waals surface area contributed by atoms with E-state index in [-0.39, 0.29) is 5.91 Å². The molecular weight excluding hydrogens is 264 g/mol. The van der Waals surface area contributed by atoms with E-state index in [4.69, 9.17) is 0 Å². The molecule has 1 aromatic heterocycles. The monoisotopic (exact) mass is 292 g/mol. The molecule has 0 aliphatic carbocycles. The van der Waals surface area contributed by atoms with Crippen LogP contribution in [0.1, 0.15) is 45.2 Å². The highest BCUT2D eigenvalue weighted by Gasteiger charge is 2.13. The third-order valence-corrected chi connectivity index (χ3v) is 3.89. The minimum absolute atomic E-state index is 0.120. The second kappa shape index (κ2) is 8.17. The number of hydrogen-bond donors (Lipinski definition) is 1. The lowest BCUT2D eigenvalue weighted by Crippen LogP contribution is -2.37. The van der Waals surface area contributed by atoms with Gasteiger partial charge in [0, 0.05) is 12.7 Å². The van der Waals surface area contributed by atoms with E-state index in [0.29, 0.717) is 19.0 Å². The molecule has 5 nitrogen and oxygen atoms in total. The van der Waals surface area contributed by atoms with Crippen LogP contribution in [0.4, 0.5) is 0 Å². The van der Waals surface area contributed by atoms with Gasteiger partial charge in [0.15, 0.2) is 0 Å². The van der Waals surface area contributed by atoms with E-state index < -0.39 is 0 Å². The van der Waals surface area contributed by atoms with Crippen molar-refractivity contribution in [2.75, 3.05) is 19.6 Å². The quantitative estimate of drug-likeness (QED) is 0.873. The van der Waals surface area contributed by atoms with E-state index in [2.05, 4.69) is 33.6 Å². The lowest BCUT2D eigenvalue weighted by Gasteiger charge is -2.19. The van der Waals surface area contributed by atoms with Crippen LogP contribution in [0.5, 0.6) is 0 Å². The average molecular weight is 292 g/mol. The molecule has 0 spiro atoms. The van der Waals surface area contributed by atoms with Crippen molar-refractivity contribution in [3.63, 3.8) is 0 Å². The number of aromatic nitrogens is 2. The molecular formula is C16H28N4O. The van der Waals surface area contributed by atoms with Crippen LogP contribution >= 0.6 is 0 Å². The molecule has 2 rings (SSSR count). The van der Waals surface area contributed by atoms with Gasteiger partial charge < -0.3 is 9.88 Å². The Morgan fingerprint density at radius 1 is 1.29 bits per heavy atom. The Bertz CT molecular complexity index is 433. The number of likely N-dealkylation sites (tertiary alicyclic amines) is 1.